The molecule has 1 N–H and O–H groups in total. The van der Waals surface area contributed by atoms with E-state index in [0.29, 0.717) is 24.3 Å². The summed E-state index contributed by atoms with van der Waals surface area (Å²) in [5, 5.41) is 3.88. The molecule has 0 spiro atoms. The summed E-state index contributed by atoms with van der Waals surface area (Å²) in [6.45, 7) is 2.19. The van der Waals surface area contributed by atoms with Crippen molar-refractivity contribution in [3.05, 3.63) is 141 Å². The number of benzene rings is 3. The first kappa shape index (κ1) is 25.4. The maximum atomic E-state index is 13.2. The zero-order chi connectivity index (χ0) is 27.3. The molecular weight excluding hydrogens is 500 g/mol. The summed E-state index contributed by atoms with van der Waals surface area (Å²) in [6, 6.07) is 31.2. The molecular formula is C33H30N4O3. The standard InChI is InChI=1S/C33H30N4O3/c38-31-21-30(29-12-7-17-34-32(29)37(31)40-23-25-10-5-2-6-11-25)36-19-16-26-13-14-27(20-28(26)22-36)33(39)35-18-15-24-8-3-1-4-9-24/h1-14,17,20-21H,15-16,18-19,22-23H2,(H,35,39). The molecule has 0 saturated carbocycles. The van der Waals surface area contributed by atoms with Crippen molar-refractivity contribution in [1.82, 2.24) is 15.0 Å². The molecule has 7 nitrogen and oxygen atoms in total. The number of carbonyl (C=O) groups excluding carboxylic acids is 1. The van der Waals surface area contributed by atoms with Gasteiger partial charge < -0.3 is 15.1 Å². The van der Waals surface area contributed by atoms with Crippen molar-refractivity contribution in [3.63, 3.8) is 0 Å². The number of aromatic nitrogens is 2. The topological polar surface area (TPSA) is 76.5 Å². The van der Waals surface area contributed by atoms with Crippen molar-refractivity contribution in [3.8, 4) is 0 Å². The number of amides is 1. The number of hydrogen-bond donors (Lipinski definition) is 1. The molecule has 7 heteroatoms. The van der Waals surface area contributed by atoms with Crippen molar-refractivity contribution in [2.24, 2.45) is 0 Å². The molecule has 1 aliphatic heterocycles. The molecule has 0 saturated heterocycles. The highest BCUT2D eigenvalue weighted by Crippen LogP contribution is 2.29. The van der Waals surface area contributed by atoms with E-state index in [4.69, 9.17) is 4.84 Å². The predicted molar refractivity (Wildman–Crippen MR) is 156 cm³/mol. The van der Waals surface area contributed by atoms with Crippen molar-refractivity contribution >= 4 is 22.6 Å². The van der Waals surface area contributed by atoms with Crippen LogP contribution >= 0.6 is 0 Å². The van der Waals surface area contributed by atoms with Crippen LogP contribution in [-0.4, -0.2) is 28.7 Å². The van der Waals surface area contributed by atoms with E-state index in [1.54, 1.807) is 12.3 Å². The van der Waals surface area contributed by atoms with Gasteiger partial charge in [0.1, 0.15) is 6.61 Å². The molecule has 1 amide bonds. The molecule has 3 heterocycles. The van der Waals surface area contributed by atoms with Gasteiger partial charge in [-0.2, -0.15) is 0 Å². The first-order valence-corrected chi connectivity index (χ1v) is 13.5. The minimum Gasteiger partial charge on any atom is -0.404 e. The Morgan fingerprint density at radius 1 is 0.875 bits per heavy atom. The predicted octanol–water partition coefficient (Wildman–Crippen LogP) is 4.56. The van der Waals surface area contributed by atoms with Crippen molar-refractivity contribution in [2.45, 2.75) is 26.0 Å². The highest BCUT2D eigenvalue weighted by atomic mass is 16.7. The Hall–Kier alpha value is -4.91. The second-order valence-corrected chi connectivity index (χ2v) is 9.94. The van der Waals surface area contributed by atoms with Gasteiger partial charge >= 0.3 is 0 Å². The number of rotatable bonds is 8. The van der Waals surface area contributed by atoms with Gasteiger partial charge in [0, 0.05) is 42.8 Å². The second-order valence-electron chi connectivity index (χ2n) is 9.94. The first-order valence-electron chi connectivity index (χ1n) is 13.5. The third kappa shape index (κ3) is 5.45. The van der Waals surface area contributed by atoms with Crippen LogP contribution in [0.5, 0.6) is 0 Å². The zero-order valence-corrected chi connectivity index (χ0v) is 22.1. The number of nitrogens with zero attached hydrogens (tertiary/aromatic N) is 3. The molecule has 2 aromatic heterocycles. The number of hydrogen-bond acceptors (Lipinski definition) is 5. The van der Waals surface area contributed by atoms with Crippen LogP contribution in [0.25, 0.3) is 11.0 Å². The molecule has 40 heavy (non-hydrogen) atoms. The summed E-state index contributed by atoms with van der Waals surface area (Å²) in [4.78, 5) is 38.7. The van der Waals surface area contributed by atoms with Crippen LogP contribution in [0.15, 0.2) is 108 Å². The Kier molecular flexibility index (Phi) is 7.26. The van der Waals surface area contributed by atoms with E-state index in [2.05, 4.69) is 27.3 Å². The Morgan fingerprint density at radius 3 is 2.45 bits per heavy atom. The molecule has 0 aliphatic carbocycles. The number of pyridine rings is 2. The fraction of sp³-hybridized carbons (Fsp3) is 0.182. The average Bonchev–Trinajstić information content (AvgIpc) is 3.00. The molecule has 5 aromatic rings. The molecule has 3 aromatic carbocycles. The van der Waals surface area contributed by atoms with Crippen molar-refractivity contribution < 1.29 is 9.63 Å². The Labute approximate surface area is 232 Å². The normalized spacial score (nSPS) is 12.7. The molecule has 0 fully saturated rings. The maximum Gasteiger partial charge on any atom is 0.287 e. The van der Waals surface area contributed by atoms with E-state index in [1.807, 2.05) is 78.9 Å². The van der Waals surface area contributed by atoms with Gasteiger partial charge in [0.15, 0.2) is 5.65 Å². The second kappa shape index (κ2) is 11.5. The van der Waals surface area contributed by atoms with E-state index >= 15 is 0 Å². The zero-order valence-electron chi connectivity index (χ0n) is 22.1. The average molecular weight is 531 g/mol. The SMILES string of the molecule is O=C(NCCc1ccccc1)c1ccc2c(c1)CN(c1cc(=O)n(OCc3ccccc3)c3ncccc13)CC2. The molecule has 0 bridgehead atoms. The van der Waals surface area contributed by atoms with Gasteiger partial charge in [-0.1, -0.05) is 66.7 Å². The van der Waals surface area contributed by atoms with E-state index in [9.17, 15) is 9.59 Å². The lowest BCUT2D eigenvalue weighted by Gasteiger charge is -2.32. The van der Waals surface area contributed by atoms with Gasteiger partial charge in [-0.05, 0) is 59.4 Å². The molecule has 200 valence electrons. The lowest BCUT2D eigenvalue weighted by atomic mass is 9.96. The van der Waals surface area contributed by atoms with Gasteiger partial charge in [0.05, 0.1) is 5.69 Å². The molecule has 0 radical (unpaired) electrons. The van der Waals surface area contributed by atoms with E-state index in [-0.39, 0.29) is 18.1 Å². The maximum absolute atomic E-state index is 13.2. The Balaban J connectivity index is 1.21. The van der Waals surface area contributed by atoms with Crippen LogP contribution in [0.2, 0.25) is 0 Å². The highest BCUT2D eigenvalue weighted by molar-refractivity contribution is 5.94. The number of nitrogens with one attached hydrogen (secondary N) is 1. The van der Waals surface area contributed by atoms with Crippen LogP contribution in [-0.2, 0) is 26.0 Å². The molecule has 6 rings (SSSR count). The number of carbonyl (C=O) groups is 1. The number of anilines is 1. The summed E-state index contributed by atoms with van der Waals surface area (Å²) >= 11 is 0. The van der Waals surface area contributed by atoms with Gasteiger partial charge in [0.2, 0.25) is 0 Å². The highest BCUT2D eigenvalue weighted by Gasteiger charge is 2.22. The summed E-state index contributed by atoms with van der Waals surface area (Å²) in [7, 11) is 0. The van der Waals surface area contributed by atoms with Gasteiger partial charge in [-0.25, -0.2) is 4.98 Å². The summed E-state index contributed by atoms with van der Waals surface area (Å²) < 4.78 is 1.28. The fourth-order valence-electron chi connectivity index (χ4n) is 5.19. The monoisotopic (exact) mass is 530 g/mol. The fourth-order valence-corrected chi connectivity index (χ4v) is 5.19. The smallest absolute Gasteiger partial charge is 0.287 e. The lowest BCUT2D eigenvalue weighted by molar-refractivity contribution is 0.0954. The van der Waals surface area contributed by atoms with Crippen LogP contribution in [0.3, 0.4) is 0 Å². The Bertz CT molecular complexity index is 1700. The Morgan fingerprint density at radius 2 is 1.65 bits per heavy atom. The van der Waals surface area contributed by atoms with Crippen molar-refractivity contribution in [2.75, 3.05) is 18.0 Å². The summed E-state index contributed by atoms with van der Waals surface area (Å²) in [5.74, 6) is -0.0799. The first-order chi connectivity index (χ1) is 19.7. The van der Waals surface area contributed by atoms with E-state index < -0.39 is 0 Å². The van der Waals surface area contributed by atoms with Gasteiger partial charge in [-0.3, -0.25) is 9.59 Å². The molecule has 1 aliphatic rings. The summed E-state index contributed by atoms with van der Waals surface area (Å²) in [6.07, 6.45) is 3.27. The van der Waals surface area contributed by atoms with Gasteiger partial charge in [-0.15, -0.1) is 4.73 Å². The van der Waals surface area contributed by atoms with Crippen LogP contribution in [0.1, 0.15) is 32.6 Å². The van der Waals surface area contributed by atoms with Gasteiger partial charge in [0.25, 0.3) is 11.5 Å². The van der Waals surface area contributed by atoms with Crippen LogP contribution < -0.4 is 20.6 Å². The quantitative estimate of drug-likeness (QED) is 0.318. The number of fused-ring (bicyclic) bond motifs is 2. The third-order valence-electron chi connectivity index (χ3n) is 7.28. The molecule has 0 atom stereocenters. The minimum absolute atomic E-state index is 0.0799. The lowest BCUT2D eigenvalue weighted by Crippen LogP contribution is -2.34. The van der Waals surface area contributed by atoms with Crippen molar-refractivity contribution in [1.29, 1.82) is 0 Å². The summed E-state index contributed by atoms with van der Waals surface area (Å²) in [5.41, 5.74) is 6.14. The van der Waals surface area contributed by atoms with E-state index in [0.717, 1.165) is 41.6 Å². The molecule has 0 unspecified atom stereocenters. The minimum atomic E-state index is -0.269. The van der Waals surface area contributed by atoms with E-state index in [1.165, 1.54) is 15.9 Å². The van der Waals surface area contributed by atoms with Crippen LogP contribution in [0.4, 0.5) is 5.69 Å². The largest absolute Gasteiger partial charge is 0.404 e. The van der Waals surface area contributed by atoms with Crippen LogP contribution in [0, 0.1) is 0 Å². The third-order valence-corrected chi connectivity index (χ3v) is 7.28.